The highest BCUT2D eigenvalue weighted by molar-refractivity contribution is 5.24. The molecule has 2 N–H and O–H groups in total. The van der Waals surface area contributed by atoms with Crippen molar-refractivity contribution in [2.24, 2.45) is 11.7 Å². The Bertz CT molecular complexity index is 377. The van der Waals surface area contributed by atoms with Crippen LogP contribution in [0.5, 0.6) is 0 Å². The second-order valence-electron chi connectivity index (χ2n) is 6.21. The van der Waals surface area contributed by atoms with Crippen LogP contribution in [-0.4, -0.2) is 12.1 Å². The average Bonchev–Trinajstić information content (AvgIpc) is 2.39. The molecule has 2 atom stereocenters. The topological polar surface area (TPSA) is 35.2 Å². The lowest BCUT2D eigenvalue weighted by molar-refractivity contribution is -0.0459. The zero-order valence-electron chi connectivity index (χ0n) is 12.4. The first kappa shape index (κ1) is 14.5. The summed E-state index contributed by atoms with van der Waals surface area (Å²) in [5.41, 5.74) is 8.61. The van der Waals surface area contributed by atoms with Crippen molar-refractivity contribution in [1.82, 2.24) is 0 Å². The third-order valence-electron chi connectivity index (χ3n) is 4.19. The minimum atomic E-state index is 0.0269. The lowest BCUT2D eigenvalue weighted by Crippen LogP contribution is -2.32. The number of hydrogen-bond donors (Lipinski definition) is 1. The predicted molar refractivity (Wildman–Crippen MR) is 80.1 cm³/mol. The molecule has 1 fully saturated rings. The summed E-state index contributed by atoms with van der Waals surface area (Å²) >= 11 is 0. The van der Waals surface area contributed by atoms with E-state index in [-0.39, 0.29) is 12.1 Å². The number of ether oxygens (including phenoxy) is 1. The van der Waals surface area contributed by atoms with Crippen molar-refractivity contribution in [3.8, 4) is 0 Å². The number of hydrogen-bond acceptors (Lipinski definition) is 2. The van der Waals surface area contributed by atoms with Crippen molar-refractivity contribution in [3.63, 3.8) is 0 Å². The molecular weight excluding hydrogens is 234 g/mol. The molecule has 0 bridgehead atoms. The van der Waals surface area contributed by atoms with Gasteiger partial charge in [-0.3, -0.25) is 0 Å². The summed E-state index contributed by atoms with van der Waals surface area (Å²) in [7, 11) is 0. The molecule has 2 nitrogen and oxygen atoms in total. The van der Waals surface area contributed by atoms with Gasteiger partial charge in [0.2, 0.25) is 0 Å². The highest BCUT2D eigenvalue weighted by atomic mass is 16.5. The molecule has 1 aromatic rings. The van der Waals surface area contributed by atoms with Gasteiger partial charge in [0, 0.05) is 6.04 Å². The highest BCUT2D eigenvalue weighted by Gasteiger charge is 2.25. The molecule has 2 heteroatoms. The maximum absolute atomic E-state index is 6.30. The average molecular weight is 261 g/mol. The Morgan fingerprint density at radius 1 is 1.11 bits per heavy atom. The Morgan fingerprint density at radius 3 is 2.21 bits per heavy atom. The summed E-state index contributed by atoms with van der Waals surface area (Å²) in [6, 6.07) is 8.60. The van der Waals surface area contributed by atoms with Crippen LogP contribution < -0.4 is 5.73 Å². The molecule has 1 aromatic carbocycles. The first-order valence-corrected chi connectivity index (χ1v) is 7.54. The number of rotatable bonds is 4. The van der Waals surface area contributed by atoms with Crippen molar-refractivity contribution < 1.29 is 4.74 Å². The Hall–Kier alpha value is -0.860. The summed E-state index contributed by atoms with van der Waals surface area (Å²) < 4.78 is 6.30. The van der Waals surface area contributed by atoms with Crippen LogP contribution in [0.3, 0.4) is 0 Å². The fraction of sp³-hybridized carbons (Fsp3) is 0.647. The molecular formula is C17H27NO. The first-order valence-electron chi connectivity index (χ1n) is 7.54. The molecule has 2 unspecified atom stereocenters. The minimum absolute atomic E-state index is 0.0269. The van der Waals surface area contributed by atoms with Gasteiger partial charge in [0.05, 0.1) is 12.2 Å². The molecule has 0 spiro atoms. The maximum atomic E-state index is 6.30. The third-order valence-corrected chi connectivity index (χ3v) is 4.19. The van der Waals surface area contributed by atoms with Gasteiger partial charge < -0.3 is 10.5 Å². The van der Waals surface area contributed by atoms with Crippen LogP contribution in [-0.2, 0) is 4.74 Å². The zero-order valence-corrected chi connectivity index (χ0v) is 12.4. The highest BCUT2D eigenvalue weighted by Crippen LogP contribution is 2.31. The molecule has 0 radical (unpaired) electrons. The molecule has 0 amide bonds. The second-order valence-corrected chi connectivity index (χ2v) is 6.21. The minimum Gasteiger partial charge on any atom is -0.369 e. The molecule has 0 aromatic heterocycles. The van der Waals surface area contributed by atoms with Crippen LogP contribution in [0.2, 0.25) is 0 Å². The molecule has 1 saturated carbocycles. The quantitative estimate of drug-likeness (QED) is 0.889. The fourth-order valence-electron chi connectivity index (χ4n) is 2.84. The lowest BCUT2D eigenvalue weighted by Gasteiger charge is -2.32. The van der Waals surface area contributed by atoms with E-state index in [0.717, 1.165) is 5.92 Å². The van der Waals surface area contributed by atoms with E-state index in [1.165, 1.54) is 36.8 Å². The van der Waals surface area contributed by atoms with Crippen LogP contribution in [0, 0.1) is 12.8 Å². The van der Waals surface area contributed by atoms with Gasteiger partial charge in [-0.05, 0) is 51.0 Å². The fourth-order valence-corrected chi connectivity index (χ4v) is 2.84. The molecule has 1 aliphatic rings. The van der Waals surface area contributed by atoms with Crippen LogP contribution >= 0.6 is 0 Å². The van der Waals surface area contributed by atoms with E-state index in [2.05, 4.69) is 38.1 Å². The van der Waals surface area contributed by atoms with Crippen molar-refractivity contribution in [3.05, 3.63) is 35.4 Å². The van der Waals surface area contributed by atoms with Gasteiger partial charge in [-0.15, -0.1) is 0 Å². The smallest absolute Gasteiger partial charge is 0.0976 e. The van der Waals surface area contributed by atoms with E-state index in [1.807, 2.05) is 6.92 Å². The van der Waals surface area contributed by atoms with E-state index in [4.69, 9.17) is 10.5 Å². The van der Waals surface area contributed by atoms with Crippen LogP contribution in [0.25, 0.3) is 0 Å². The van der Waals surface area contributed by atoms with E-state index in [9.17, 15) is 0 Å². The zero-order chi connectivity index (χ0) is 13.8. The molecule has 0 heterocycles. The SMILES string of the molecule is Cc1ccc(C(OC2CCC(C)CC2)C(C)N)cc1. The molecule has 0 saturated heterocycles. The lowest BCUT2D eigenvalue weighted by atomic mass is 9.88. The van der Waals surface area contributed by atoms with E-state index >= 15 is 0 Å². The molecule has 19 heavy (non-hydrogen) atoms. The van der Waals surface area contributed by atoms with Gasteiger partial charge in [-0.25, -0.2) is 0 Å². The Balaban J connectivity index is 2.02. The standard InChI is InChI=1S/C17H27NO/c1-12-4-8-15(9-5-12)17(14(3)18)19-16-10-6-13(2)7-11-16/h4-5,8-9,13-14,16-17H,6-7,10-11,18H2,1-3H3. The van der Waals surface area contributed by atoms with Gasteiger partial charge in [0.15, 0.2) is 0 Å². The van der Waals surface area contributed by atoms with Crippen LogP contribution in [0.4, 0.5) is 0 Å². The summed E-state index contributed by atoms with van der Waals surface area (Å²) in [6.07, 6.45) is 5.33. The van der Waals surface area contributed by atoms with Crippen molar-refractivity contribution in [1.29, 1.82) is 0 Å². The Kier molecular flexibility index (Phi) is 5.00. The number of nitrogens with two attached hydrogens (primary N) is 1. The van der Waals surface area contributed by atoms with Crippen molar-refractivity contribution in [2.75, 3.05) is 0 Å². The largest absolute Gasteiger partial charge is 0.369 e. The number of aryl methyl sites for hydroxylation is 1. The van der Waals surface area contributed by atoms with E-state index in [0.29, 0.717) is 6.10 Å². The predicted octanol–water partition coefficient (Wildman–Crippen LogP) is 3.98. The van der Waals surface area contributed by atoms with E-state index in [1.54, 1.807) is 0 Å². The monoisotopic (exact) mass is 261 g/mol. The summed E-state index contributed by atoms with van der Waals surface area (Å²) in [5, 5.41) is 0. The van der Waals surface area contributed by atoms with Crippen LogP contribution in [0.15, 0.2) is 24.3 Å². The summed E-state index contributed by atoms with van der Waals surface area (Å²) in [4.78, 5) is 0. The van der Waals surface area contributed by atoms with Gasteiger partial charge >= 0.3 is 0 Å². The molecule has 106 valence electrons. The molecule has 0 aliphatic heterocycles. The van der Waals surface area contributed by atoms with Gasteiger partial charge in [0.1, 0.15) is 0 Å². The Morgan fingerprint density at radius 2 is 1.68 bits per heavy atom. The summed E-state index contributed by atoms with van der Waals surface area (Å²) in [6.45, 7) is 6.48. The van der Waals surface area contributed by atoms with Gasteiger partial charge in [-0.2, -0.15) is 0 Å². The van der Waals surface area contributed by atoms with Crippen molar-refractivity contribution >= 4 is 0 Å². The normalized spacial score (nSPS) is 26.9. The number of benzene rings is 1. The molecule has 2 rings (SSSR count). The van der Waals surface area contributed by atoms with Crippen LogP contribution in [0.1, 0.15) is 56.8 Å². The third kappa shape index (κ3) is 4.05. The first-order chi connectivity index (χ1) is 9.06. The summed E-state index contributed by atoms with van der Waals surface area (Å²) in [5.74, 6) is 0.855. The maximum Gasteiger partial charge on any atom is 0.0976 e. The van der Waals surface area contributed by atoms with Crippen molar-refractivity contribution in [2.45, 2.75) is 64.7 Å². The van der Waals surface area contributed by atoms with Gasteiger partial charge in [0.25, 0.3) is 0 Å². The van der Waals surface area contributed by atoms with E-state index < -0.39 is 0 Å². The van der Waals surface area contributed by atoms with Gasteiger partial charge in [-0.1, -0.05) is 36.8 Å². The second kappa shape index (κ2) is 6.53. The molecule has 1 aliphatic carbocycles. The Labute approximate surface area is 117 Å².